The highest BCUT2D eigenvalue weighted by Gasteiger charge is 2.32. The van der Waals surface area contributed by atoms with E-state index >= 15 is 0 Å². The molecular formula is C14H20N2. The molecule has 2 aliphatic heterocycles. The van der Waals surface area contributed by atoms with Crippen LogP contribution in [0.2, 0.25) is 0 Å². The monoisotopic (exact) mass is 216 g/mol. The Kier molecular flexibility index (Phi) is 2.40. The number of rotatable bonds is 2. The molecule has 2 aliphatic rings. The van der Waals surface area contributed by atoms with E-state index < -0.39 is 0 Å². The molecule has 1 aromatic carbocycles. The van der Waals surface area contributed by atoms with E-state index in [1.807, 2.05) is 0 Å². The van der Waals surface area contributed by atoms with Crippen LogP contribution in [-0.4, -0.2) is 26.2 Å². The van der Waals surface area contributed by atoms with E-state index in [0.29, 0.717) is 5.41 Å². The first-order valence-electron chi connectivity index (χ1n) is 6.30. The zero-order chi connectivity index (χ0) is 11.0. The van der Waals surface area contributed by atoms with E-state index in [2.05, 4.69) is 41.4 Å². The van der Waals surface area contributed by atoms with Gasteiger partial charge in [0.1, 0.15) is 0 Å². The third-order valence-corrected chi connectivity index (χ3v) is 4.01. The average molecular weight is 216 g/mol. The smallest absolute Gasteiger partial charge is 0.0399 e. The summed E-state index contributed by atoms with van der Waals surface area (Å²) in [6.45, 7) is 7.18. The highest BCUT2D eigenvalue weighted by molar-refractivity contribution is 5.57. The van der Waals surface area contributed by atoms with Crippen LogP contribution in [0.1, 0.15) is 18.9 Å². The third kappa shape index (κ3) is 1.71. The van der Waals surface area contributed by atoms with Crippen molar-refractivity contribution in [3.05, 3.63) is 29.8 Å². The van der Waals surface area contributed by atoms with Crippen LogP contribution in [0, 0.1) is 5.41 Å². The first kappa shape index (κ1) is 10.2. The maximum Gasteiger partial charge on any atom is 0.0399 e. The Labute approximate surface area is 97.6 Å². The first-order chi connectivity index (χ1) is 7.77. The van der Waals surface area contributed by atoms with Crippen LogP contribution < -0.4 is 10.2 Å². The van der Waals surface area contributed by atoms with Crippen LogP contribution in [-0.2, 0) is 6.42 Å². The Morgan fingerprint density at radius 1 is 1.38 bits per heavy atom. The summed E-state index contributed by atoms with van der Waals surface area (Å²) in [5.74, 6) is 0. The summed E-state index contributed by atoms with van der Waals surface area (Å²) < 4.78 is 0. The molecule has 2 nitrogen and oxygen atoms in total. The molecule has 1 fully saturated rings. The molecule has 2 heterocycles. The SMILES string of the molecule is CC1(CN2CCc3ccccc32)CCNC1. The van der Waals surface area contributed by atoms with Gasteiger partial charge in [-0.25, -0.2) is 0 Å². The van der Waals surface area contributed by atoms with E-state index in [1.54, 1.807) is 0 Å². The van der Waals surface area contributed by atoms with Crippen molar-refractivity contribution < 1.29 is 0 Å². The second-order valence-corrected chi connectivity index (χ2v) is 5.54. The molecule has 0 radical (unpaired) electrons. The standard InChI is InChI=1S/C14H20N2/c1-14(7-8-15-10-14)11-16-9-6-12-4-2-3-5-13(12)16/h2-5,15H,6-11H2,1H3. The van der Waals surface area contributed by atoms with Gasteiger partial charge in [0.25, 0.3) is 0 Å². The Hall–Kier alpha value is -1.02. The second-order valence-electron chi connectivity index (χ2n) is 5.54. The topological polar surface area (TPSA) is 15.3 Å². The Balaban J connectivity index is 1.78. The summed E-state index contributed by atoms with van der Waals surface area (Å²) in [7, 11) is 0. The summed E-state index contributed by atoms with van der Waals surface area (Å²) in [5, 5.41) is 3.48. The van der Waals surface area contributed by atoms with Gasteiger partial charge in [0.15, 0.2) is 0 Å². The Morgan fingerprint density at radius 2 is 2.25 bits per heavy atom. The van der Waals surface area contributed by atoms with Crippen LogP contribution in [0.25, 0.3) is 0 Å². The maximum absolute atomic E-state index is 3.48. The molecule has 1 saturated heterocycles. The van der Waals surface area contributed by atoms with Crippen molar-refractivity contribution in [1.29, 1.82) is 0 Å². The number of nitrogens with zero attached hydrogens (tertiary/aromatic N) is 1. The largest absolute Gasteiger partial charge is 0.370 e. The van der Waals surface area contributed by atoms with Gasteiger partial charge in [-0.15, -0.1) is 0 Å². The van der Waals surface area contributed by atoms with Gasteiger partial charge in [0.2, 0.25) is 0 Å². The van der Waals surface area contributed by atoms with Gasteiger partial charge in [-0.05, 0) is 36.4 Å². The number of nitrogens with one attached hydrogen (secondary N) is 1. The van der Waals surface area contributed by atoms with Crippen LogP contribution in [0.3, 0.4) is 0 Å². The first-order valence-corrected chi connectivity index (χ1v) is 6.30. The molecular weight excluding hydrogens is 196 g/mol. The van der Waals surface area contributed by atoms with Gasteiger partial charge in [-0.1, -0.05) is 25.1 Å². The van der Waals surface area contributed by atoms with Crippen molar-refractivity contribution in [2.45, 2.75) is 19.8 Å². The molecule has 0 aromatic heterocycles. The van der Waals surface area contributed by atoms with Gasteiger partial charge in [0, 0.05) is 25.3 Å². The lowest BCUT2D eigenvalue weighted by atomic mass is 9.89. The van der Waals surface area contributed by atoms with Gasteiger partial charge in [-0.2, -0.15) is 0 Å². The van der Waals surface area contributed by atoms with Crippen molar-refractivity contribution in [2.24, 2.45) is 5.41 Å². The number of fused-ring (bicyclic) bond motifs is 1. The number of hydrogen-bond donors (Lipinski definition) is 1. The highest BCUT2D eigenvalue weighted by Crippen LogP contribution is 2.33. The highest BCUT2D eigenvalue weighted by atomic mass is 15.2. The fourth-order valence-electron chi connectivity index (χ4n) is 3.04. The summed E-state index contributed by atoms with van der Waals surface area (Å²) in [6.07, 6.45) is 2.53. The molecule has 2 heteroatoms. The van der Waals surface area contributed by atoms with Crippen LogP contribution in [0.15, 0.2) is 24.3 Å². The number of benzene rings is 1. The molecule has 0 amide bonds. The third-order valence-electron chi connectivity index (χ3n) is 4.01. The van der Waals surface area contributed by atoms with E-state index in [4.69, 9.17) is 0 Å². The number of para-hydroxylation sites is 1. The zero-order valence-electron chi connectivity index (χ0n) is 10.00. The second kappa shape index (κ2) is 3.77. The van der Waals surface area contributed by atoms with Crippen LogP contribution >= 0.6 is 0 Å². The minimum atomic E-state index is 0.470. The van der Waals surface area contributed by atoms with Crippen LogP contribution in [0.4, 0.5) is 5.69 Å². The van der Waals surface area contributed by atoms with E-state index in [9.17, 15) is 0 Å². The molecule has 0 saturated carbocycles. The molecule has 0 spiro atoms. The molecule has 1 unspecified atom stereocenters. The minimum absolute atomic E-state index is 0.470. The lowest BCUT2D eigenvalue weighted by Gasteiger charge is -2.30. The molecule has 1 aromatic rings. The molecule has 16 heavy (non-hydrogen) atoms. The summed E-state index contributed by atoms with van der Waals surface area (Å²) in [5.41, 5.74) is 3.46. The molecule has 1 N–H and O–H groups in total. The van der Waals surface area contributed by atoms with E-state index in [0.717, 1.165) is 0 Å². The molecule has 3 rings (SSSR count). The maximum atomic E-state index is 3.48. The lowest BCUT2D eigenvalue weighted by molar-refractivity contribution is 0.367. The minimum Gasteiger partial charge on any atom is -0.370 e. The Morgan fingerprint density at radius 3 is 3.06 bits per heavy atom. The lowest BCUT2D eigenvalue weighted by Crippen LogP contribution is -2.36. The molecule has 0 aliphatic carbocycles. The molecule has 86 valence electrons. The normalized spacial score (nSPS) is 28.4. The van der Waals surface area contributed by atoms with Gasteiger partial charge < -0.3 is 10.2 Å². The van der Waals surface area contributed by atoms with Crippen molar-refractivity contribution in [3.8, 4) is 0 Å². The van der Waals surface area contributed by atoms with E-state index in [1.165, 1.54) is 50.3 Å². The van der Waals surface area contributed by atoms with Crippen LogP contribution in [0.5, 0.6) is 0 Å². The van der Waals surface area contributed by atoms with Gasteiger partial charge >= 0.3 is 0 Å². The predicted molar refractivity (Wildman–Crippen MR) is 68.0 cm³/mol. The molecule has 1 atom stereocenters. The van der Waals surface area contributed by atoms with Crippen molar-refractivity contribution in [3.63, 3.8) is 0 Å². The summed E-state index contributed by atoms with van der Waals surface area (Å²) >= 11 is 0. The fourth-order valence-corrected chi connectivity index (χ4v) is 3.04. The number of hydrogen-bond acceptors (Lipinski definition) is 2. The van der Waals surface area contributed by atoms with Gasteiger partial charge in [-0.3, -0.25) is 0 Å². The predicted octanol–water partition coefficient (Wildman–Crippen LogP) is 2.05. The van der Waals surface area contributed by atoms with E-state index in [-0.39, 0.29) is 0 Å². The average Bonchev–Trinajstić information content (AvgIpc) is 2.87. The summed E-state index contributed by atoms with van der Waals surface area (Å²) in [6, 6.07) is 8.85. The summed E-state index contributed by atoms with van der Waals surface area (Å²) in [4.78, 5) is 2.57. The molecule has 0 bridgehead atoms. The van der Waals surface area contributed by atoms with Crippen molar-refractivity contribution in [2.75, 3.05) is 31.1 Å². The van der Waals surface area contributed by atoms with Crippen molar-refractivity contribution >= 4 is 5.69 Å². The Bertz CT molecular complexity index is 380. The van der Waals surface area contributed by atoms with Crippen molar-refractivity contribution in [1.82, 2.24) is 5.32 Å². The fraction of sp³-hybridized carbons (Fsp3) is 0.571. The number of anilines is 1. The zero-order valence-corrected chi connectivity index (χ0v) is 10.00. The van der Waals surface area contributed by atoms with Gasteiger partial charge in [0.05, 0.1) is 0 Å². The quantitative estimate of drug-likeness (QED) is 0.814.